The number of aromatic amines is 1. The molecule has 0 aliphatic carbocycles. The van der Waals surface area contributed by atoms with Crippen LogP contribution in [0.1, 0.15) is 17.4 Å². The fourth-order valence-electron chi connectivity index (χ4n) is 1.26. The lowest BCUT2D eigenvalue weighted by atomic mass is 10.3. The van der Waals surface area contributed by atoms with E-state index in [1.54, 1.807) is 19.1 Å². The van der Waals surface area contributed by atoms with Gasteiger partial charge in [-0.2, -0.15) is 0 Å². The van der Waals surface area contributed by atoms with E-state index in [9.17, 15) is 4.79 Å². The third-order valence-electron chi connectivity index (χ3n) is 1.88. The number of nitrogens with two attached hydrogens (primary N) is 2. The maximum Gasteiger partial charge on any atom is 0.354 e. The van der Waals surface area contributed by atoms with Gasteiger partial charge in [-0.05, 0) is 19.1 Å². The zero-order valence-corrected chi connectivity index (χ0v) is 9.12. The highest BCUT2D eigenvalue weighted by Crippen LogP contribution is 1.92. The van der Waals surface area contributed by atoms with Gasteiger partial charge in [-0.1, -0.05) is 6.58 Å². The van der Waals surface area contributed by atoms with Crippen LogP contribution in [-0.4, -0.2) is 17.6 Å². The van der Waals surface area contributed by atoms with Gasteiger partial charge in [0.1, 0.15) is 5.69 Å². The summed E-state index contributed by atoms with van der Waals surface area (Å²) in [7, 11) is 0. The van der Waals surface area contributed by atoms with Crippen LogP contribution in [0.15, 0.2) is 18.3 Å². The fourth-order valence-corrected chi connectivity index (χ4v) is 1.26. The Bertz CT molecular complexity index is 514. The number of allylic oxidation sites excluding steroid dienone is 1. The van der Waals surface area contributed by atoms with Crippen molar-refractivity contribution in [2.24, 2.45) is 11.5 Å². The fraction of sp³-hybridized carbons (Fsp3) is 0.182. The Balaban J connectivity index is 3.24. The number of esters is 1. The van der Waals surface area contributed by atoms with Crippen molar-refractivity contribution >= 4 is 18.2 Å². The second-order valence-corrected chi connectivity index (χ2v) is 3.16. The molecule has 0 aromatic carbocycles. The molecule has 5 N–H and O–H groups in total. The van der Waals surface area contributed by atoms with Crippen molar-refractivity contribution in [1.29, 1.82) is 0 Å². The van der Waals surface area contributed by atoms with Gasteiger partial charge in [0.15, 0.2) is 0 Å². The van der Waals surface area contributed by atoms with E-state index < -0.39 is 5.97 Å². The molecule has 1 aromatic rings. The molecule has 0 aliphatic rings. The van der Waals surface area contributed by atoms with Crippen LogP contribution in [0.2, 0.25) is 0 Å². The summed E-state index contributed by atoms with van der Waals surface area (Å²) in [5, 5.41) is 1.31. The van der Waals surface area contributed by atoms with Gasteiger partial charge in [0.25, 0.3) is 0 Å². The largest absolute Gasteiger partial charge is 0.461 e. The van der Waals surface area contributed by atoms with Gasteiger partial charge in [-0.15, -0.1) is 0 Å². The second kappa shape index (κ2) is 5.06. The average molecular weight is 221 g/mol. The van der Waals surface area contributed by atoms with E-state index in [2.05, 4.69) is 11.6 Å². The lowest BCUT2D eigenvalue weighted by Crippen LogP contribution is -2.24. The van der Waals surface area contributed by atoms with E-state index in [0.717, 1.165) is 0 Å². The Morgan fingerprint density at radius 3 is 2.88 bits per heavy atom. The molecule has 86 valence electrons. The lowest BCUT2D eigenvalue weighted by molar-refractivity contribution is 0.0520. The first-order valence-electron chi connectivity index (χ1n) is 4.82. The van der Waals surface area contributed by atoms with E-state index in [-0.39, 0.29) is 0 Å². The maximum atomic E-state index is 11.4. The summed E-state index contributed by atoms with van der Waals surface area (Å²) in [5.74, 6) is -0.423. The number of carbonyl (C=O) groups is 1. The SMILES string of the molecule is C=C(N)/C=c1/cc(C(=O)OCC)[nH]/c1=C/N. The summed E-state index contributed by atoms with van der Waals surface area (Å²) in [6.07, 6.45) is 2.98. The molecule has 0 amide bonds. The molecule has 5 heteroatoms. The summed E-state index contributed by atoms with van der Waals surface area (Å²) in [6, 6.07) is 1.62. The molecule has 0 bridgehead atoms. The summed E-state index contributed by atoms with van der Waals surface area (Å²) < 4.78 is 4.85. The van der Waals surface area contributed by atoms with E-state index in [1.165, 1.54) is 6.20 Å². The quantitative estimate of drug-likeness (QED) is 0.579. The summed E-state index contributed by atoms with van der Waals surface area (Å²) in [4.78, 5) is 14.3. The highest BCUT2D eigenvalue weighted by atomic mass is 16.5. The molecule has 1 rings (SSSR count). The second-order valence-electron chi connectivity index (χ2n) is 3.16. The molecule has 0 radical (unpaired) electrons. The molecule has 0 spiro atoms. The van der Waals surface area contributed by atoms with Crippen LogP contribution in [0.3, 0.4) is 0 Å². The standard InChI is InChI=1S/C11H15N3O2/c1-3-16-11(15)9-5-8(4-7(2)13)10(6-12)14-9/h4-6,14H,2-3,12-13H2,1H3/b8-4-,10-6+. The summed E-state index contributed by atoms with van der Waals surface area (Å²) >= 11 is 0. The van der Waals surface area contributed by atoms with Gasteiger partial charge in [0, 0.05) is 17.1 Å². The normalized spacial score (nSPS) is 12.8. The van der Waals surface area contributed by atoms with Gasteiger partial charge >= 0.3 is 5.97 Å². The average Bonchev–Trinajstić information content (AvgIpc) is 2.60. The minimum Gasteiger partial charge on any atom is -0.461 e. The predicted molar refractivity (Wildman–Crippen MR) is 62.4 cm³/mol. The Kier molecular flexibility index (Phi) is 3.77. The van der Waals surface area contributed by atoms with E-state index in [1.807, 2.05) is 0 Å². The van der Waals surface area contributed by atoms with Crippen molar-refractivity contribution in [3.05, 3.63) is 34.6 Å². The van der Waals surface area contributed by atoms with Crippen LogP contribution in [0, 0.1) is 0 Å². The number of hydrogen-bond donors (Lipinski definition) is 3. The van der Waals surface area contributed by atoms with Crippen LogP contribution >= 0.6 is 0 Å². The highest BCUT2D eigenvalue weighted by molar-refractivity contribution is 5.87. The molecular weight excluding hydrogens is 206 g/mol. The summed E-state index contributed by atoms with van der Waals surface area (Å²) in [5.41, 5.74) is 11.6. The van der Waals surface area contributed by atoms with Crippen LogP contribution in [0.25, 0.3) is 12.3 Å². The molecule has 0 fully saturated rings. The van der Waals surface area contributed by atoms with Gasteiger partial charge in [-0.25, -0.2) is 4.79 Å². The third-order valence-corrected chi connectivity index (χ3v) is 1.88. The Morgan fingerprint density at radius 2 is 2.38 bits per heavy atom. The first-order valence-corrected chi connectivity index (χ1v) is 4.82. The van der Waals surface area contributed by atoms with E-state index >= 15 is 0 Å². The number of hydrogen-bond acceptors (Lipinski definition) is 4. The lowest BCUT2D eigenvalue weighted by Gasteiger charge is -1.96. The molecule has 1 heterocycles. The van der Waals surface area contributed by atoms with Gasteiger partial charge < -0.3 is 21.2 Å². The molecule has 0 atom stereocenters. The van der Waals surface area contributed by atoms with Crippen molar-refractivity contribution < 1.29 is 9.53 Å². The monoisotopic (exact) mass is 221 g/mol. The topological polar surface area (TPSA) is 94.1 Å². The zero-order chi connectivity index (χ0) is 12.1. The van der Waals surface area contributed by atoms with Crippen molar-refractivity contribution in [3.63, 3.8) is 0 Å². The third kappa shape index (κ3) is 2.66. The minimum atomic E-state index is -0.423. The highest BCUT2D eigenvalue weighted by Gasteiger charge is 2.07. The zero-order valence-electron chi connectivity index (χ0n) is 9.12. The van der Waals surface area contributed by atoms with Crippen molar-refractivity contribution in [2.45, 2.75) is 6.92 Å². The number of carbonyl (C=O) groups excluding carboxylic acids is 1. The number of aromatic nitrogens is 1. The molecule has 0 unspecified atom stereocenters. The Labute approximate surface area is 93.1 Å². The van der Waals surface area contributed by atoms with Crippen LogP contribution < -0.4 is 22.0 Å². The Hall–Kier alpha value is -2.17. The number of H-pyrrole nitrogens is 1. The molecule has 0 saturated carbocycles. The first-order chi connectivity index (χ1) is 7.58. The first kappa shape index (κ1) is 11.9. The van der Waals surface area contributed by atoms with Crippen molar-refractivity contribution in [2.75, 3.05) is 6.61 Å². The molecule has 5 nitrogen and oxygen atoms in total. The number of nitrogens with one attached hydrogen (secondary N) is 1. The van der Waals surface area contributed by atoms with E-state index in [4.69, 9.17) is 16.2 Å². The van der Waals surface area contributed by atoms with Crippen LogP contribution in [0.4, 0.5) is 0 Å². The maximum absolute atomic E-state index is 11.4. The van der Waals surface area contributed by atoms with E-state index in [0.29, 0.717) is 28.6 Å². The van der Waals surface area contributed by atoms with Gasteiger partial charge in [0.2, 0.25) is 0 Å². The van der Waals surface area contributed by atoms with Crippen molar-refractivity contribution in [3.8, 4) is 0 Å². The molecule has 1 aromatic heterocycles. The predicted octanol–water partition coefficient (Wildman–Crippen LogP) is -0.859. The van der Waals surface area contributed by atoms with Crippen molar-refractivity contribution in [1.82, 2.24) is 4.98 Å². The number of ether oxygens (including phenoxy) is 1. The van der Waals surface area contributed by atoms with Gasteiger partial charge in [0.05, 0.1) is 12.0 Å². The molecule has 0 aliphatic heterocycles. The smallest absolute Gasteiger partial charge is 0.354 e. The summed E-state index contributed by atoms with van der Waals surface area (Å²) in [6.45, 7) is 5.62. The molecule has 16 heavy (non-hydrogen) atoms. The minimum absolute atomic E-state index is 0.322. The molecule has 0 saturated heterocycles. The van der Waals surface area contributed by atoms with Crippen LogP contribution in [0.5, 0.6) is 0 Å². The molecular formula is C11H15N3O2. The van der Waals surface area contributed by atoms with Crippen LogP contribution in [-0.2, 0) is 4.74 Å². The Morgan fingerprint density at radius 1 is 1.69 bits per heavy atom. The number of rotatable bonds is 3. The van der Waals surface area contributed by atoms with Gasteiger partial charge in [-0.3, -0.25) is 0 Å².